The zero-order chi connectivity index (χ0) is 7.82. The second-order valence-electron chi connectivity index (χ2n) is 2.46. The van der Waals surface area contributed by atoms with Crippen molar-refractivity contribution in [3.63, 3.8) is 0 Å². The van der Waals surface area contributed by atoms with E-state index in [4.69, 9.17) is 11.5 Å². The summed E-state index contributed by atoms with van der Waals surface area (Å²) in [4.78, 5) is 0. The van der Waals surface area contributed by atoms with Crippen molar-refractivity contribution in [1.29, 1.82) is 0 Å². The minimum atomic E-state index is 0.233. The van der Waals surface area contributed by atoms with Gasteiger partial charge in [0, 0.05) is 6.04 Å². The van der Waals surface area contributed by atoms with Crippen LogP contribution < -0.4 is 11.5 Å². The summed E-state index contributed by atoms with van der Waals surface area (Å²) in [6.45, 7) is 2.85. The van der Waals surface area contributed by atoms with Gasteiger partial charge >= 0.3 is 0 Å². The average Bonchev–Trinajstić information content (AvgIpc) is 1.89. The first-order valence-electron chi connectivity index (χ1n) is 3.93. The smallest absolute Gasteiger partial charge is 0.0223 e. The predicted octanol–water partition coefficient (Wildman–Crippen LogP) is 1.02. The van der Waals surface area contributed by atoms with Crippen LogP contribution in [0.1, 0.15) is 26.2 Å². The van der Waals surface area contributed by atoms with E-state index >= 15 is 0 Å². The van der Waals surface area contributed by atoms with E-state index in [9.17, 15) is 0 Å². The van der Waals surface area contributed by atoms with Crippen molar-refractivity contribution in [1.82, 2.24) is 0 Å². The molecule has 0 radical (unpaired) electrons. The van der Waals surface area contributed by atoms with E-state index < -0.39 is 0 Å². The van der Waals surface area contributed by atoms with Gasteiger partial charge in [-0.1, -0.05) is 25.5 Å². The van der Waals surface area contributed by atoms with Crippen LogP contribution in [0.3, 0.4) is 0 Å². The Balaban J connectivity index is 3.26. The molecule has 0 aliphatic heterocycles. The van der Waals surface area contributed by atoms with Crippen LogP contribution in [-0.2, 0) is 0 Å². The third kappa shape index (κ3) is 5.79. The quantitative estimate of drug-likeness (QED) is 0.563. The maximum Gasteiger partial charge on any atom is 0.0223 e. The van der Waals surface area contributed by atoms with Crippen molar-refractivity contribution in [2.75, 3.05) is 6.54 Å². The van der Waals surface area contributed by atoms with Crippen LogP contribution in [0.2, 0.25) is 0 Å². The summed E-state index contributed by atoms with van der Waals surface area (Å²) in [7, 11) is 0. The molecule has 2 nitrogen and oxygen atoms in total. The van der Waals surface area contributed by atoms with Gasteiger partial charge in [-0.15, -0.1) is 0 Å². The van der Waals surface area contributed by atoms with E-state index in [1.807, 2.05) is 6.08 Å². The molecule has 1 unspecified atom stereocenters. The molecule has 0 aliphatic rings. The van der Waals surface area contributed by atoms with Crippen LogP contribution in [0.4, 0.5) is 0 Å². The first-order valence-corrected chi connectivity index (χ1v) is 3.93. The van der Waals surface area contributed by atoms with E-state index in [-0.39, 0.29) is 6.04 Å². The lowest BCUT2D eigenvalue weighted by atomic mass is 10.1. The molecule has 0 aliphatic carbocycles. The Labute approximate surface area is 63.3 Å². The molecule has 60 valence electrons. The SMILES string of the molecule is CCCC(N)C=CCCN. The van der Waals surface area contributed by atoms with Crippen LogP contribution >= 0.6 is 0 Å². The van der Waals surface area contributed by atoms with Gasteiger partial charge in [-0.25, -0.2) is 0 Å². The molecule has 1 atom stereocenters. The molecular formula is C8H18N2. The number of hydrogen-bond acceptors (Lipinski definition) is 2. The topological polar surface area (TPSA) is 52.0 Å². The summed E-state index contributed by atoms with van der Waals surface area (Å²) in [5.41, 5.74) is 11.0. The van der Waals surface area contributed by atoms with Gasteiger partial charge in [0.1, 0.15) is 0 Å². The van der Waals surface area contributed by atoms with E-state index in [1.165, 1.54) is 0 Å². The minimum Gasteiger partial charge on any atom is -0.330 e. The van der Waals surface area contributed by atoms with Crippen LogP contribution in [0.5, 0.6) is 0 Å². The molecule has 4 N–H and O–H groups in total. The molecule has 0 bridgehead atoms. The second-order valence-corrected chi connectivity index (χ2v) is 2.46. The van der Waals surface area contributed by atoms with Crippen molar-refractivity contribution in [2.45, 2.75) is 32.2 Å². The van der Waals surface area contributed by atoms with E-state index in [0.29, 0.717) is 0 Å². The predicted molar refractivity (Wildman–Crippen MR) is 45.7 cm³/mol. The third-order valence-electron chi connectivity index (χ3n) is 1.34. The van der Waals surface area contributed by atoms with Crippen LogP contribution in [0.25, 0.3) is 0 Å². The zero-order valence-corrected chi connectivity index (χ0v) is 6.72. The Morgan fingerprint density at radius 2 is 2.20 bits per heavy atom. The van der Waals surface area contributed by atoms with E-state index in [0.717, 1.165) is 25.8 Å². The molecule has 0 fully saturated rings. The summed E-state index contributed by atoms with van der Waals surface area (Å²) in [6.07, 6.45) is 7.25. The lowest BCUT2D eigenvalue weighted by Crippen LogP contribution is -2.15. The second kappa shape index (κ2) is 6.78. The maximum absolute atomic E-state index is 5.70. The molecule has 0 saturated carbocycles. The first kappa shape index (κ1) is 9.66. The number of nitrogens with two attached hydrogens (primary N) is 2. The molecule has 0 aromatic heterocycles. The highest BCUT2D eigenvalue weighted by Gasteiger charge is 1.91. The first-order chi connectivity index (χ1) is 4.81. The Bertz CT molecular complexity index is 89.3. The Morgan fingerprint density at radius 3 is 2.70 bits per heavy atom. The van der Waals surface area contributed by atoms with Crippen molar-refractivity contribution in [3.05, 3.63) is 12.2 Å². The zero-order valence-electron chi connectivity index (χ0n) is 6.72. The van der Waals surface area contributed by atoms with Gasteiger partial charge in [0.05, 0.1) is 0 Å². The lowest BCUT2D eigenvalue weighted by molar-refractivity contribution is 0.701. The van der Waals surface area contributed by atoms with Crippen LogP contribution in [0.15, 0.2) is 12.2 Å². The molecule has 10 heavy (non-hydrogen) atoms. The number of rotatable bonds is 5. The highest BCUT2D eigenvalue weighted by molar-refractivity contribution is 4.90. The Hall–Kier alpha value is -0.340. The average molecular weight is 142 g/mol. The van der Waals surface area contributed by atoms with Gasteiger partial charge in [0.25, 0.3) is 0 Å². The van der Waals surface area contributed by atoms with Crippen molar-refractivity contribution < 1.29 is 0 Å². The fraction of sp³-hybridized carbons (Fsp3) is 0.750. The van der Waals surface area contributed by atoms with Gasteiger partial charge in [0.15, 0.2) is 0 Å². The lowest BCUT2D eigenvalue weighted by Gasteiger charge is -2.01. The fourth-order valence-corrected chi connectivity index (χ4v) is 0.797. The summed E-state index contributed by atoms with van der Waals surface area (Å²) in [5.74, 6) is 0. The summed E-state index contributed by atoms with van der Waals surface area (Å²) in [5, 5.41) is 0. The van der Waals surface area contributed by atoms with Gasteiger partial charge in [-0.3, -0.25) is 0 Å². The summed E-state index contributed by atoms with van der Waals surface area (Å²) >= 11 is 0. The highest BCUT2D eigenvalue weighted by Crippen LogP contribution is 1.94. The van der Waals surface area contributed by atoms with Gasteiger partial charge < -0.3 is 11.5 Å². The molecule has 0 rings (SSSR count). The molecule has 0 saturated heterocycles. The largest absolute Gasteiger partial charge is 0.330 e. The van der Waals surface area contributed by atoms with Gasteiger partial charge in [-0.05, 0) is 19.4 Å². The normalized spacial score (nSPS) is 14.3. The third-order valence-corrected chi connectivity index (χ3v) is 1.34. The highest BCUT2D eigenvalue weighted by atomic mass is 14.6. The molecule has 2 heteroatoms. The maximum atomic E-state index is 5.70. The Morgan fingerprint density at radius 1 is 1.50 bits per heavy atom. The number of hydrogen-bond donors (Lipinski definition) is 2. The molecule has 0 amide bonds. The molecule has 0 spiro atoms. The van der Waals surface area contributed by atoms with Crippen molar-refractivity contribution in [2.24, 2.45) is 11.5 Å². The van der Waals surface area contributed by atoms with E-state index in [1.54, 1.807) is 0 Å². The fourth-order valence-electron chi connectivity index (χ4n) is 0.797. The molecule has 0 heterocycles. The Kier molecular flexibility index (Phi) is 6.55. The van der Waals surface area contributed by atoms with Crippen LogP contribution in [-0.4, -0.2) is 12.6 Å². The molecular weight excluding hydrogens is 124 g/mol. The summed E-state index contributed by atoms with van der Waals surface area (Å²) < 4.78 is 0. The minimum absolute atomic E-state index is 0.233. The molecule has 0 aromatic carbocycles. The summed E-state index contributed by atoms with van der Waals surface area (Å²) in [6, 6.07) is 0.233. The van der Waals surface area contributed by atoms with Crippen LogP contribution in [0, 0.1) is 0 Å². The van der Waals surface area contributed by atoms with Gasteiger partial charge in [-0.2, -0.15) is 0 Å². The van der Waals surface area contributed by atoms with Crippen molar-refractivity contribution in [3.8, 4) is 0 Å². The van der Waals surface area contributed by atoms with Crippen molar-refractivity contribution >= 4 is 0 Å². The van der Waals surface area contributed by atoms with Gasteiger partial charge in [0.2, 0.25) is 0 Å². The monoisotopic (exact) mass is 142 g/mol. The van der Waals surface area contributed by atoms with E-state index in [2.05, 4.69) is 13.0 Å². The standard InChI is InChI=1S/C8H18N2/c1-2-5-8(10)6-3-4-7-9/h3,6,8H,2,4-5,7,9-10H2,1H3. The molecule has 0 aromatic rings.